The van der Waals surface area contributed by atoms with Gasteiger partial charge in [-0.2, -0.15) is 0 Å². The normalized spacial score (nSPS) is 15.1. The number of benzene rings is 1. The lowest BCUT2D eigenvalue weighted by Gasteiger charge is -2.23. The van der Waals surface area contributed by atoms with Gasteiger partial charge in [0.05, 0.1) is 5.69 Å². The van der Waals surface area contributed by atoms with Crippen molar-refractivity contribution in [2.45, 2.75) is 71.1 Å². The molecule has 28 heavy (non-hydrogen) atoms. The first-order valence-electron chi connectivity index (χ1n) is 10.0. The molecule has 0 spiro atoms. The molecule has 1 aromatic heterocycles. The van der Waals surface area contributed by atoms with Crippen LogP contribution in [-0.2, 0) is 11.3 Å². The third-order valence-corrected chi connectivity index (χ3v) is 4.71. The van der Waals surface area contributed by atoms with E-state index in [9.17, 15) is 4.79 Å². The predicted octanol–water partition coefficient (Wildman–Crippen LogP) is 4.91. The number of hydrogen-bond acceptors (Lipinski definition) is 5. The average Bonchev–Trinajstić information content (AvgIpc) is 2.66. The lowest BCUT2D eigenvalue weighted by atomic mass is 9.95. The minimum Gasteiger partial charge on any atom is -0.444 e. The van der Waals surface area contributed by atoms with E-state index < -0.39 is 11.7 Å². The molecule has 6 heteroatoms. The van der Waals surface area contributed by atoms with Crippen LogP contribution in [0.2, 0.25) is 0 Å². The van der Waals surface area contributed by atoms with Crippen molar-refractivity contribution < 1.29 is 9.53 Å². The van der Waals surface area contributed by atoms with Crippen molar-refractivity contribution >= 4 is 11.9 Å². The summed E-state index contributed by atoms with van der Waals surface area (Å²) in [7, 11) is 0. The second-order valence-electron chi connectivity index (χ2n) is 8.32. The van der Waals surface area contributed by atoms with Gasteiger partial charge in [-0.25, -0.2) is 14.8 Å². The summed E-state index contributed by atoms with van der Waals surface area (Å²) < 4.78 is 5.25. The van der Waals surface area contributed by atoms with Gasteiger partial charge in [0.2, 0.25) is 0 Å². The molecule has 0 atom stereocenters. The molecule has 1 amide bonds. The van der Waals surface area contributed by atoms with E-state index >= 15 is 0 Å². The molecule has 6 nitrogen and oxygen atoms in total. The Balaban J connectivity index is 1.58. The summed E-state index contributed by atoms with van der Waals surface area (Å²) >= 11 is 0. The highest BCUT2D eigenvalue weighted by Gasteiger charge is 2.16. The number of nitrogens with zero attached hydrogens (tertiary/aromatic N) is 2. The molecule has 1 saturated carbocycles. The number of carbonyl (C=O) groups excluding carboxylic acids is 1. The average molecular weight is 383 g/mol. The van der Waals surface area contributed by atoms with Gasteiger partial charge >= 0.3 is 6.09 Å². The maximum absolute atomic E-state index is 11.8. The SMILES string of the molecule is CC(C)(C)OC(=O)NCc1ccc(-c2cc(NC3CCCCC3)ncn2)cc1. The molecule has 1 aliphatic carbocycles. The van der Waals surface area contributed by atoms with Gasteiger partial charge in [0.15, 0.2) is 0 Å². The summed E-state index contributed by atoms with van der Waals surface area (Å²) in [5.74, 6) is 0.882. The first kappa shape index (κ1) is 20.1. The molecule has 1 heterocycles. The largest absolute Gasteiger partial charge is 0.444 e. The minimum absolute atomic E-state index is 0.411. The zero-order valence-electron chi connectivity index (χ0n) is 17.0. The molecule has 0 aliphatic heterocycles. The molecular formula is C22H30N4O2. The molecule has 3 rings (SSSR count). The highest BCUT2D eigenvalue weighted by molar-refractivity contribution is 5.68. The van der Waals surface area contributed by atoms with Crippen LogP contribution in [-0.4, -0.2) is 27.7 Å². The van der Waals surface area contributed by atoms with Gasteiger partial charge in [0, 0.05) is 24.2 Å². The van der Waals surface area contributed by atoms with Crippen LogP contribution in [0.4, 0.5) is 10.6 Å². The van der Waals surface area contributed by atoms with Gasteiger partial charge in [-0.05, 0) is 39.2 Å². The van der Waals surface area contributed by atoms with Gasteiger partial charge in [0.1, 0.15) is 17.7 Å². The van der Waals surface area contributed by atoms with Crippen LogP contribution in [0.3, 0.4) is 0 Å². The van der Waals surface area contributed by atoms with Crippen molar-refractivity contribution in [3.05, 3.63) is 42.2 Å². The minimum atomic E-state index is -0.496. The summed E-state index contributed by atoms with van der Waals surface area (Å²) in [6.45, 7) is 5.97. The summed E-state index contributed by atoms with van der Waals surface area (Å²) in [6.07, 6.45) is 7.52. The third-order valence-electron chi connectivity index (χ3n) is 4.71. The molecule has 0 radical (unpaired) electrons. The predicted molar refractivity (Wildman–Crippen MR) is 111 cm³/mol. The molecule has 1 aromatic carbocycles. The van der Waals surface area contributed by atoms with E-state index in [1.807, 2.05) is 51.1 Å². The first-order chi connectivity index (χ1) is 13.4. The summed E-state index contributed by atoms with van der Waals surface area (Å²) in [4.78, 5) is 20.5. The summed E-state index contributed by atoms with van der Waals surface area (Å²) in [6, 6.07) is 10.5. The van der Waals surface area contributed by atoms with Crippen molar-refractivity contribution in [1.29, 1.82) is 0 Å². The van der Waals surface area contributed by atoms with Crippen molar-refractivity contribution in [2.24, 2.45) is 0 Å². The van der Waals surface area contributed by atoms with Crippen molar-refractivity contribution in [3.8, 4) is 11.3 Å². The number of aromatic nitrogens is 2. The van der Waals surface area contributed by atoms with Gasteiger partial charge in [-0.1, -0.05) is 43.5 Å². The van der Waals surface area contributed by atoms with E-state index in [0.717, 1.165) is 22.6 Å². The number of anilines is 1. The molecule has 2 aromatic rings. The third kappa shape index (κ3) is 6.22. The van der Waals surface area contributed by atoms with Crippen LogP contribution < -0.4 is 10.6 Å². The fourth-order valence-electron chi connectivity index (χ4n) is 3.33. The second-order valence-corrected chi connectivity index (χ2v) is 8.32. The number of rotatable bonds is 5. The molecule has 0 unspecified atom stereocenters. The Bertz CT molecular complexity index is 778. The Morgan fingerprint density at radius 2 is 1.82 bits per heavy atom. The Morgan fingerprint density at radius 1 is 1.11 bits per heavy atom. The maximum atomic E-state index is 11.8. The van der Waals surface area contributed by atoms with E-state index in [2.05, 4.69) is 20.6 Å². The smallest absolute Gasteiger partial charge is 0.407 e. The Kier molecular flexibility index (Phi) is 6.49. The Labute approximate surface area is 167 Å². The molecule has 150 valence electrons. The topological polar surface area (TPSA) is 76.1 Å². The Hall–Kier alpha value is -2.63. The van der Waals surface area contributed by atoms with E-state index in [0.29, 0.717) is 12.6 Å². The maximum Gasteiger partial charge on any atom is 0.407 e. The summed E-state index contributed by atoms with van der Waals surface area (Å²) in [5.41, 5.74) is 2.42. The van der Waals surface area contributed by atoms with Crippen LogP contribution in [0.15, 0.2) is 36.7 Å². The second kappa shape index (κ2) is 9.04. The fraction of sp³-hybridized carbons (Fsp3) is 0.500. The first-order valence-corrected chi connectivity index (χ1v) is 10.0. The van der Waals surface area contributed by atoms with Gasteiger partial charge in [-0.15, -0.1) is 0 Å². The highest BCUT2D eigenvalue weighted by atomic mass is 16.6. The van der Waals surface area contributed by atoms with Gasteiger partial charge in [0.25, 0.3) is 0 Å². The number of ether oxygens (including phenoxy) is 1. The molecule has 2 N–H and O–H groups in total. The molecule has 0 saturated heterocycles. The van der Waals surface area contributed by atoms with Crippen molar-refractivity contribution in [1.82, 2.24) is 15.3 Å². The number of amides is 1. The Morgan fingerprint density at radius 3 is 2.50 bits per heavy atom. The summed E-state index contributed by atoms with van der Waals surface area (Å²) in [5, 5.41) is 6.31. The molecule has 0 bridgehead atoms. The quantitative estimate of drug-likeness (QED) is 0.768. The van der Waals surface area contributed by atoms with Gasteiger partial charge in [-0.3, -0.25) is 0 Å². The van der Waals surface area contributed by atoms with Crippen molar-refractivity contribution in [2.75, 3.05) is 5.32 Å². The van der Waals surface area contributed by atoms with Gasteiger partial charge < -0.3 is 15.4 Å². The van der Waals surface area contributed by atoms with E-state index in [1.54, 1.807) is 6.33 Å². The molecule has 1 aliphatic rings. The zero-order valence-corrected chi connectivity index (χ0v) is 17.0. The zero-order chi connectivity index (χ0) is 20.0. The number of carbonyl (C=O) groups is 1. The molecule has 1 fully saturated rings. The number of alkyl carbamates (subject to hydrolysis) is 1. The lowest BCUT2D eigenvalue weighted by Crippen LogP contribution is -2.32. The van der Waals surface area contributed by atoms with E-state index in [-0.39, 0.29) is 0 Å². The van der Waals surface area contributed by atoms with E-state index in [4.69, 9.17) is 4.74 Å². The molecular weight excluding hydrogens is 352 g/mol. The van der Waals surface area contributed by atoms with Crippen molar-refractivity contribution in [3.63, 3.8) is 0 Å². The van der Waals surface area contributed by atoms with Crippen LogP contribution in [0.5, 0.6) is 0 Å². The van der Waals surface area contributed by atoms with Crippen LogP contribution in [0, 0.1) is 0 Å². The van der Waals surface area contributed by atoms with E-state index in [1.165, 1.54) is 32.1 Å². The van der Waals surface area contributed by atoms with Crippen LogP contribution in [0.1, 0.15) is 58.4 Å². The standard InChI is InChI=1S/C22H30N4O2/c1-22(2,3)28-21(27)23-14-16-9-11-17(12-10-16)19-13-20(25-15-24-19)26-18-7-5-4-6-8-18/h9-13,15,18H,4-8,14H2,1-3H3,(H,23,27)(H,24,25,26). The van der Waals surface area contributed by atoms with Crippen LogP contribution >= 0.6 is 0 Å². The number of hydrogen-bond donors (Lipinski definition) is 2. The monoisotopic (exact) mass is 382 g/mol. The van der Waals surface area contributed by atoms with Crippen LogP contribution in [0.25, 0.3) is 11.3 Å². The highest BCUT2D eigenvalue weighted by Crippen LogP contribution is 2.23. The number of nitrogens with one attached hydrogen (secondary N) is 2. The lowest BCUT2D eigenvalue weighted by molar-refractivity contribution is 0.0523. The fourth-order valence-corrected chi connectivity index (χ4v) is 3.33.